The Labute approximate surface area is 127 Å². The first-order chi connectivity index (χ1) is 10.4. The van der Waals surface area contributed by atoms with E-state index in [1.54, 1.807) is 24.3 Å². The molecule has 2 aromatic rings. The zero-order valence-corrected chi connectivity index (χ0v) is 12.3. The number of carbonyl (C=O) groups excluding carboxylic acids is 1. The van der Waals surface area contributed by atoms with Gasteiger partial charge in [0.15, 0.2) is 6.04 Å². The molecule has 0 aliphatic carbocycles. The SMILES string of the molecule is Cc1ccc(C(=O)N(C)C(C(=O)O)c2ccc(F)cc2)cc1. The number of rotatable bonds is 4. The third-order valence-electron chi connectivity index (χ3n) is 3.43. The van der Waals surface area contributed by atoms with E-state index in [0.29, 0.717) is 11.1 Å². The highest BCUT2D eigenvalue weighted by Gasteiger charge is 2.28. The van der Waals surface area contributed by atoms with E-state index < -0.39 is 23.7 Å². The lowest BCUT2D eigenvalue weighted by Gasteiger charge is -2.25. The summed E-state index contributed by atoms with van der Waals surface area (Å²) in [6, 6.07) is 10.8. The number of aryl methyl sites for hydroxylation is 1. The largest absolute Gasteiger partial charge is 0.479 e. The predicted molar refractivity (Wildman–Crippen MR) is 80.0 cm³/mol. The van der Waals surface area contributed by atoms with Gasteiger partial charge in [-0.3, -0.25) is 4.79 Å². The molecule has 1 amide bonds. The molecule has 0 aliphatic rings. The Kier molecular flexibility index (Phi) is 4.56. The van der Waals surface area contributed by atoms with Crippen LogP contribution in [0.25, 0.3) is 0 Å². The van der Waals surface area contributed by atoms with Crippen molar-refractivity contribution in [2.45, 2.75) is 13.0 Å². The first-order valence-electron chi connectivity index (χ1n) is 6.72. The topological polar surface area (TPSA) is 57.6 Å². The van der Waals surface area contributed by atoms with E-state index in [-0.39, 0.29) is 0 Å². The molecule has 5 heteroatoms. The maximum atomic E-state index is 13.0. The van der Waals surface area contributed by atoms with Crippen LogP contribution in [0.2, 0.25) is 0 Å². The second kappa shape index (κ2) is 6.39. The first kappa shape index (κ1) is 15.7. The monoisotopic (exact) mass is 301 g/mol. The fraction of sp³-hybridized carbons (Fsp3) is 0.176. The van der Waals surface area contributed by atoms with Crippen LogP contribution in [0.15, 0.2) is 48.5 Å². The Bertz CT molecular complexity index is 680. The molecule has 0 spiro atoms. The molecule has 0 bridgehead atoms. The Hall–Kier alpha value is -2.69. The van der Waals surface area contributed by atoms with Gasteiger partial charge in [0.1, 0.15) is 5.82 Å². The lowest BCUT2D eigenvalue weighted by Crippen LogP contribution is -2.35. The van der Waals surface area contributed by atoms with Crippen LogP contribution < -0.4 is 0 Å². The summed E-state index contributed by atoms with van der Waals surface area (Å²) >= 11 is 0. The molecule has 0 saturated heterocycles. The molecule has 4 nitrogen and oxygen atoms in total. The van der Waals surface area contributed by atoms with Gasteiger partial charge >= 0.3 is 5.97 Å². The quantitative estimate of drug-likeness (QED) is 0.944. The minimum atomic E-state index is -1.17. The minimum absolute atomic E-state index is 0.344. The average Bonchev–Trinajstić information content (AvgIpc) is 2.49. The van der Waals surface area contributed by atoms with Crippen molar-refractivity contribution in [3.63, 3.8) is 0 Å². The second-order valence-corrected chi connectivity index (χ2v) is 5.07. The van der Waals surface area contributed by atoms with Gasteiger partial charge in [-0.05, 0) is 36.8 Å². The maximum Gasteiger partial charge on any atom is 0.331 e. The predicted octanol–water partition coefficient (Wildman–Crippen LogP) is 3.03. The third kappa shape index (κ3) is 3.31. The maximum absolute atomic E-state index is 13.0. The van der Waals surface area contributed by atoms with Crippen LogP contribution in [-0.4, -0.2) is 28.9 Å². The number of carboxylic acid groups (broad SMARTS) is 1. The molecule has 2 aromatic carbocycles. The summed E-state index contributed by atoms with van der Waals surface area (Å²) in [5, 5.41) is 9.42. The van der Waals surface area contributed by atoms with E-state index in [1.807, 2.05) is 6.92 Å². The Balaban J connectivity index is 2.31. The molecule has 0 fully saturated rings. The van der Waals surface area contributed by atoms with Gasteiger partial charge in [0, 0.05) is 12.6 Å². The molecule has 1 N–H and O–H groups in total. The van der Waals surface area contributed by atoms with Crippen molar-refractivity contribution in [3.8, 4) is 0 Å². The number of hydrogen-bond donors (Lipinski definition) is 1. The van der Waals surface area contributed by atoms with Crippen LogP contribution in [-0.2, 0) is 4.79 Å². The van der Waals surface area contributed by atoms with Crippen molar-refractivity contribution >= 4 is 11.9 Å². The van der Waals surface area contributed by atoms with Crippen molar-refractivity contribution in [1.29, 1.82) is 0 Å². The molecular formula is C17H16FNO3. The van der Waals surface area contributed by atoms with Gasteiger partial charge in [-0.2, -0.15) is 0 Å². The number of likely N-dealkylation sites (N-methyl/N-ethyl adjacent to an activating group) is 1. The number of aliphatic carboxylic acids is 1. The molecule has 0 saturated carbocycles. The van der Waals surface area contributed by atoms with E-state index in [9.17, 15) is 19.1 Å². The highest BCUT2D eigenvalue weighted by molar-refractivity contribution is 5.96. The molecule has 114 valence electrons. The van der Waals surface area contributed by atoms with Crippen molar-refractivity contribution in [2.24, 2.45) is 0 Å². The number of benzene rings is 2. The summed E-state index contributed by atoms with van der Waals surface area (Å²) in [6.07, 6.45) is 0. The van der Waals surface area contributed by atoms with Crippen molar-refractivity contribution < 1.29 is 19.1 Å². The van der Waals surface area contributed by atoms with Crippen LogP contribution in [0.3, 0.4) is 0 Å². The van der Waals surface area contributed by atoms with Crippen LogP contribution in [0.4, 0.5) is 4.39 Å². The number of nitrogens with zero attached hydrogens (tertiary/aromatic N) is 1. The van der Waals surface area contributed by atoms with E-state index in [2.05, 4.69) is 0 Å². The van der Waals surface area contributed by atoms with Crippen LogP contribution in [0, 0.1) is 12.7 Å². The summed E-state index contributed by atoms with van der Waals surface area (Å²) in [6.45, 7) is 1.90. The highest BCUT2D eigenvalue weighted by Crippen LogP contribution is 2.22. The fourth-order valence-electron chi connectivity index (χ4n) is 2.19. The molecule has 0 aromatic heterocycles. The normalized spacial score (nSPS) is 11.8. The Morgan fingerprint density at radius 3 is 2.09 bits per heavy atom. The van der Waals surface area contributed by atoms with Gasteiger partial charge in [0.05, 0.1) is 0 Å². The number of amides is 1. The summed E-state index contributed by atoms with van der Waals surface area (Å²) in [7, 11) is 1.42. The molecule has 1 unspecified atom stereocenters. The Morgan fingerprint density at radius 1 is 1.05 bits per heavy atom. The van der Waals surface area contributed by atoms with E-state index >= 15 is 0 Å². The van der Waals surface area contributed by atoms with Crippen molar-refractivity contribution in [3.05, 3.63) is 71.0 Å². The molecule has 2 rings (SSSR count). The number of halogens is 1. The highest BCUT2D eigenvalue weighted by atomic mass is 19.1. The molecule has 0 radical (unpaired) electrons. The lowest BCUT2D eigenvalue weighted by molar-refractivity contribution is -0.142. The smallest absolute Gasteiger partial charge is 0.331 e. The number of hydrogen-bond acceptors (Lipinski definition) is 2. The minimum Gasteiger partial charge on any atom is -0.479 e. The standard InChI is InChI=1S/C17H16FNO3/c1-11-3-5-13(6-4-11)16(20)19(2)15(17(21)22)12-7-9-14(18)10-8-12/h3-10,15H,1-2H3,(H,21,22). The zero-order valence-electron chi connectivity index (χ0n) is 12.3. The first-order valence-corrected chi connectivity index (χ1v) is 6.72. The number of carboxylic acids is 1. The average molecular weight is 301 g/mol. The van der Waals surface area contributed by atoms with E-state index in [4.69, 9.17) is 0 Å². The van der Waals surface area contributed by atoms with Gasteiger partial charge in [-0.25, -0.2) is 9.18 Å². The third-order valence-corrected chi connectivity index (χ3v) is 3.43. The van der Waals surface area contributed by atoms with Crippen molar-refractivity contribution in [1.82, 2.24) is 4.90 Å². The molecule has 0 aliphatic heterocycles. The van der Waals surface area contributed by atoms with E-state index in [1.165, 1.54) is 31.3 Å². The van der Waals surface area contributed by atoms with Crippen LogP contribution >= 0.6 is 0 Å². The molecule has 1 atom stereocenters. The van der Waals surface area contributed by atoms with Crippen LogP contribution in [0.1, 0.15) is 27.5 Å². The summed E-state index contributed by atoms with van der Waals surface area (Å²) < 4.78 is 13.0. The molecular weight excluding hydrogens is 285 g/mol. The summed E-state index contributed by atoms with van der Waals surface area (Å²) in [4.78, 5) is 25.1. The van der Waals surface area contributed by atoms with Gasteiger partial charge < -0.3 is 10.0 Å². The van der Waals surface area contributed by atoms with Crippen LogP contribution in [0.5, 0.6) is 0 Å². The molecule has 0 heterocycles. The second-order valence-electron chi connectivity index (χ2n) is 5.07. The fourth-order valence-corrected chi connectivity index (χ4v) is 2.19. The molecule has 22 heavy (non-hydrogen) atoms. The number of carbonyl (C=O) groups is 2. The summed E-state index contributed by atoms with van der Waals surface area (Å²) in [5.74, 6) is -2.04. The zero-order chi connectivity index (χ0) is 16.3. The summed E-state index contributed by atoms with van der Waals surface area (Å²) in [5.41, 5.74) is 1.76. The Morgan fingerprint density at radius 2 is 1.59 bits per heavy atom. The van der Waals surface area contributed by atoms with Gasteiger partial charge in [-0.1, -0.05) is 29.8 Å². The van der Waals surface area contributed by atoms with Gasteiger partial charge in [0.2, 0.25) is 0 Å². The van der Waals surface area contributed by atoms with Gasteiger partial charge in [0.25, 0.3) is 5.91 Å². The van der Waals surface area contributed by atoms with Crippen molar-refractivity contribution in [2.75, 3.05) is 7.05 Å². The van der Waals surface area contributed by atoms with E-state index in [0.717, 1.165) is 10.5 Å². The van der Waals surface area contributed by atoms with Gasteiger partial charge in [-0.15, -0.1) is 0 Å². The lowest BCUT2D eigenvalue weighted by atomic mass is 10.0.